The van der Waals surface area contributed by atoms with E-state index >= 15 is 0 Å². The molecule has 0 amide bonds. The summed E-state index contributed by atoms with van der Waals surface area (Å²) in [4.78, 5) is 23.2. The van der Waals surface area contributed by atoms with Crippen LogP contribution in [0.15, 0.2) is 53.4 Å². The maximum atomic E-state index is 12.7. The smallest absolute Gasteiger partial charge is 0.335 e. The highest BCUT2D eigenvalue weighted by atomic mass is 32.2. The summed E-state index contributed by atoms with van der Waals surface area (Å²) in [6.07, 6.45) is 0. The van der Waals surface area contributed by atoms with Crippen molar-refractivity contribution in [2.45, 2.75) is 17.3 Å². The molecule has 0 saturated carbocycles. The molecule has 1 heterocycles. The van der Waals surface area contributed by atoms with Crippen LogP contribution in [0, 0.1) is 10.1 Å². The Hall–Kier alpha value is -3.24. The van der Waals surface area contributed by atoms with Gasteiger partial charge >= 0.3 is 5.97 Å². The standard InChI is InChI=1S/C17H14N2O7S/c20-9-15-16(19(24)14-7-2-1-6-13(14)18(15)23)10-27(25,26)12-5-3-4-11(8-12)17(21)22/h1-8,20H,9-10H2,(H,21,22). The molecule has 2 aromatic carbocycles. The summed E-state index contributed by atoms with van der Waals surface area (Å²) < 4.78 is 26.0. The van der Waals surface area contributed by atoms with Gasteiger partial charge in [-0.1, -0.05) is 18.2 Å². The van der Waals surface area contributed by atoms with Crippen LogP contribution in [0.5, 0.6) is 0 Å². The van der Waals surface area contributed by atoms with Crippen molar-refractivity contribution in [2.75, 3.05) is 0 Å². The number of hydrogen-bond acceptors (Lipinski definition) is 6. The Kier molecular flexibility index (Phi) is 4.68. The van der Waals surface area contributed by atoms with Crippen LogP contribution in [0.2, 0.25) is 0 Å². The fraction of sp³-hybridized carbons (Fsp3) is 0.118. The van der Waals surface area contributed by atoms with Crippen molar-refractivity contribution in [1.29, 1.82) is 0 Å². The van der Waals surface area contributed by atoms with Crippen molar-refractivity contribution in [2.24, 2.45) is 0 Å². The molecule has 9 nitrogen and oxygen atoms in total. The first-order valence-electron chi connectivity index (χ1n) is 7.69. The van der Waals surface area contributed by atoms with Gasteiger partial charge in [0.2, 0.25) is 0 Å². The van der Waals surface area contributed by atoms with Crippen molar-refractivity contribution in [3.8, 4) is 0 Å². The maximum Gasteiger partial charge on any atom is 0.335 e. The molecular weight excluding hydrogens is 376 g/mol. The molecule has 2 N–H and O–H groups in total. The van der Waals surface area contributed by atoms with Crippen molar-refractivity contribution in [3.63, 3.8) is 0 Å². The highest BCUT2D eigenvalue weighted by Crippen LogP contribution is 2.21. The number of aromatic nitrogens is 2. The number of nitrogens with zero attached hydrogens (tertiary/aromatic N) is 2. The Morgan fingerprint density at radius 2 is 1.85 bits per heavy atom. The van der Waals surface area contributed by atoms with Gasteiger partial charge in [-0.05, 0) is 24.3 Å². The second-order valence-corrected chi connectivity index (χ2v) is 7.71. The molecule has 0 fully saturated rings. The van der Waals surface area contributed by atoms with E-state index in [1.54, 1.807) is 0 Å². The second-order valence-electron chi connectivity index (χ2n) is 5.72. The molecule has 0 atom stereocenters. The van der Waals surface area contributed by atoms with Crippen LogP contribution in [-0.4, -0.2) is 29.3 Å². The summed E-state index contributed by atoms with van der Waals surface area (Å²) in [5, 5.41) is 31.2. The van der Waals surface area contributed by atoms with Gasteiger partial charge < -0.3 is 20.2 Å². The van der Waals surface area contributed by atoms with Gasteiger partial charge in [-0.2, -0.15) is 0 Å². The highest BCUT2D eigenvalue weighted by molar-refractivity contribution is 7.90. The molecular formula is C17H14N2O7S. The van der Waals surface area contributed by atoms with E-state index in [1.165, 1.54) is 42.5 Å². The molecule has 0 aliphatic heterocycles. The van der Waals surface area contributed by atoms with Gasteiger partial charge in [-0.3, -0.25) is 0 Å². The van der Waals surface area contributed by atoms with Crippen LogP contribution < -0.4 is 4.43 Å². The zero-order chi connectivity index (χ0) is 19.8. The maximum absolute atomic E-state index is 12.7. The Morgan fingerprint density at radius 3 is 2.52 bits per heavy atom. The molecule has 0 spiro atoms. The number of benzene rings is 2. The average molecular weight is 390 g/mol. The Morgan fingerprint density at radius 1 is 1.15 bits per heavy atom. The minimum Gasteiger partial charge on any atom is -0.805 e. The predicted molar refractivity (Wildman–Crippen MR) is 94.3 cm³/mol. The molecule has 0 unspecified atom stereocenters. The zero-order valence-electron chi connectivity index (χ0n) is 13.8. The number of rotatable bonds is 5. The molecule has 0 aliphatic carbocycles. The summed E-state index contributed by atoms with van der Waals surface area (Å²) in [5.41, 5.74) is -1.10. The normalized spacial score (nSPS) is 11.6. The third-order valence-electron chi connectivity index (χ3n) is 4.06. The SMILES string of the molecule is O=C(O)c1cccc(S(=O)(=O)Cc2c(CO)[n+](=O)c3ccccc3n2[O-])c1. The van der Waals surface area contributed by atoms with E-state index in [2.05, 4.69) is 0 Å². The quantitative estimate of drug-likeness (QED) is 0.620. The summed E-state index contributed by atoms with van der Waals surface area (Å²) in [6, 6.07) is 10.5. The largest absolute Gasteiger partial charge is 0.805 e. The monoisotopic (exact) mass is 390 g/mol. The Bertz CT molecular complexity index is 1220. The number of carboxylic acid groups (broad SMARTS) is 1. The van der Waals surface area contributed by atoms with Crippen molar-refractivity contribution in [1.82, 2.24) is 4.73 Å². The van der Waals surface area contributed by atoms with Crippen LogP contribution in [0.25, 0.3) is 11.0 Å². The fourth-order valence-corrected chi connectivity index (χ4v) is 4.12. The molecule has 27 heavy (non-hydrogen) atoms. The van der Waals surface area contributed by atoms with E-state index in [0.29, 0.717) is 9.16 Å². The van der Waals surface area contributed by atoms with Gasteiger partial charge in [0.1, 0.15) is 23.6 Å². The average Bonchev–Trinajstić information content (AvgIpc) is 2.66. The molecule has 0 saturated heterocycles. The van der Waals surface area contributed by atoms with E-state index in [-0.39, 0.29) is 27.2 Å². The number of fused-ring (bicyclic) bond motifs is 1. The van der Waals surface area contributed by atoms with Gasteiger partial charge in [0.15, 0.2) is 9.84 Å². The number of aromatic carboxylic acids is 1. The molecule has 140 valence electrons. The zero-order valence-corrected chi connectivity index (χ0v) is 14.6. The molecule has 10 heteroatoms. The first-order valence-corrected chi connectivity index (χ1v) is 9.34. The number of para-hydroxylation sites is 2. The van der Waals surface area contributed by atoms with Gasteiger partial charge in [-0.25, -0.2) is 13.2 Å². The van der Waals surface area contributed by atoms with Crippen molar-refractivity contribution >= 4 is 26.8 Å². The van der Waals surface area contributed by atoms with E-state index < -0.39 is 33.9 Å². The molecule has 3 rings (SSSR count). The lowest BCUT2D eigenvalue weighted by atomic mass is 10.2. The second kappa shape index (κ2) is 6.82. The van der Waals surface area contributed by atoms with Gasteiger partial charge in [0, 0.05) is 11.0 Å². The van der Waals surface area contributed by atoms with Crippen LogP contribution in [0.3, 0.4) is 0 Å². The lowest BCUT2D eigenvalue weighted by Crippen LogP contribution is -2.29. The number of hydrogen-bond donors (Lipinski definition) is 2. The highest BCUT2D eigenvalue weighted by Gasteiger charge is 2.27. The van der Waals surface area contributed by atoms with E-state index in [1.807, 2.05) is 0 Å². The van der Waals surface area contributed by atoms with Crippen LogP contribution in [-0.2, 0) is 22.2 Å². The molecule has 0 bridgehead atoms. The van der Waals surface area contributed by atoms with Crippen molar-refractivity contribution in [3.05, 3.63) is 75.6 Å². The minimum atomic E-state index is -4.16. The number of aliphatic hydroxyl groups excluding tert-OH is 1. The predicted octanol–water partition coefficient (Wildman–Crippen LogP) is 1.07. The Balaban J connectivity index is 2.19. The first kappa shape index (κ1) is 18.5. The van der Waals surface area contributed by atoms with Crippen LogP contribution in [0.1, 0.15) is 21.7 Å². The Labute approximate surface area is 152 Å². The summed E-state index contributed by atoms with van der Waals surface area (Å²) >= 11 is 0. The van der Waals surface area contributed by atoms with Crippen LogP contribution in [0.4, 0.5) is 0 Å². The minimum absolute atomic E-state index is 0.00873. The summed E-state index contributed by atoms with van der Waals surface area (Å²) in [5.74, 6) is -2.17. The van der Waals surface area contributed by atoms with E-state index in [4.69, 9.17) is 5.11 Å². The number of aliphatic hydroxyl groups is 1. The molecule has 0 aliphatic rings. The topological polar surface area (TPSA) is 143 Å². The lowest BCUT2D eigenvalue weighted by molar-refractivity contribution is -0.479. The van der Waals surface area contributed by atoms with E-state index in [0.717, 1.165) is 6.07 Å². The summed E-state index contributed by atoms with van der Waals surface area (Å²) in [6.45, 7) is -0.837. The number of carbonyl (C=O) groups is 1. The van der Waals surface area contributed by atoms with Gasteiger partial charge in [0.05, 0.1) is 14.9 Å². The van der Waals surface area contributed by atoms with Crippen molar-refractivity contribution < 1.29 is 27.9 Å². The van der Waals surface area contributed by atoms with E-state index in [9.17, 15) is 28.4 Å². The van der Waals surface area contributed by atoms with Gasteiger partial charge in [-0.15, -0.1) is 0 Å². The number of sulfone groups is 1. The third kappa shape index (κ3) is 3.27. The van der Waals surface area contributed by atoms with Gasteiger partial charge in [0.25, 0.3) is 11.2 Å². The third-order valence-corrected chi connectivity index (χ3v) is 5.69. The lowest BCUT2D eigenvalue weighted by Gasteiger charge is -2.18. The molecule has 3 aromatic rings. The van der Waals surface area contributed by atoms with Crippen LogP contribution >= 0.6 is 0 Å². The summed E-state index contributed by atoms with van der Waals surface area (Å²) in [7, 11) is -4.16. The number of carboxylic acids is 1. The first-order chi connectivity index (χ1) is 12.8. The molecule has 0 radical (unpaired) electrons. The fourth-order valence-electron chi connectivity index (χ4n) is 2.72. The molecule has 1 aromatic heterocycles.